The molecule has 0 fully saturated rings. The fourth-order valence-corrected chi connectivity index (χ4v) is 3.39. The van der Waals surface area contributed by atoms with Crippen molar-refractivity contribution in [1.29, 1.82) is 0 Å². The standard InChI is InChI=1S/C16H18ClNOS/c1-11(2)12-4-7-15(8-5-12)20(19)10-13-3-6-14(18)9-16(13)17/h3-9,11H,10,18H2,1-2H3. The number of anilines is 1. The van der Waals surface area contributed by atoms with Gasteiger partial charge in [-0.2, -0.15) is 0 Å². The van der Waals surface area contributed by atoms with Gasteiger partial charge in [0.05, 0.1) is 16.6 Å². The van der Waals surface area contributed by atoms with Crippen LogP contribution in [-0.4, -0.2) is 4.21 Å². The summed E-state index contributed by atoms with van der Waals surface area (Å²) in [6.07, 6.45) is 0. The molecule has 2 aromatic rings. The van der Waals surface area contributed by atoms with E-state index in [4.69, 9.17) is 17.3 Å². The minimum atomic E-state index is -1.10. The lowest BCUT2D eigenvalue weighted by atomic mass is 10.0. The van der Waals surface area contributed by atoms with Crippen LogP contribution in [0.2, 0.25) is 5.02 Å². The van der Waals surface area contributed by atoms with E-state index < -0.39 is 10.8 Å². The molecule has 4 heteroatoms. The van der Waals surface area contributed by atoms with Crippen molar-refractivity contribution in [3.63, 3.8) is 0 Å². The highest BCUT2D eigenvalue weighted by molar-refractivity contribution is 7.84. The van der Waals surface area contributed by atoms with Gasteiger partial charge < -0.3 is 5.73 Å². The molecule has 2 aromatic carbocycles. The lowest BCUT2D eigenvalue weighted by Gasteiger charge is -2.08. The summed E-state index contributed by atoms with van der Waals surface area (Å²) < 4.78 is 12.4. The minimum absolute atomic E-state index is 0.403. The average Bonchev–Trinajstić information content (AvgIpc) is 2.42. The Bertz CT molecular complexity index is 623. The topological polar surface area (TPSA) is 43.1 Å². The molecule has 1 atom stereocenters. The zero-order valence-electron chi connectivity index (χ0n) is 11.6. The molecule has 0 aromatic heterocycles. The summed E-state index contributed by atoms with van der Waals surface area (Å²) in [6, 6.07) is 13.2. The molecule has 2 rings (SSSR count). The predicted molar refractivity (Wildman–Crippen MR) is 86.5 cm³/mol. The molecule has 20 heavy (non-hydrogen) atoms. The summed E-state index contributed by atoms with van der Waals surface area (Å²) in [5, 5.41) is 0.567. The normalized spacial score (nSPS) is 12.6. The third kappa shape index (κ3) is 3.62. The summed E-state index contributed by atoms with van der Waals surface area (Å²) in [4.78, 5) is 0.822. The van der Waals surface area contributed by atoms with E-state index in [9.17, 15) is 4.21 Å². The van der Waals surface area contributed by atoms with Crippen LogP contribution in [0, 0.1) is 0 Å². The molecular formula is C16H18ClNOS. The summed E-state index contributed by atoms with van der Waals surface area (Å²) in [7, 11) is -1.10. The van der Waals surface area contributed by atoms with E-state index in [1.807, 2.05) is 30.3 Å². The largest absolute Gasteiger partial charge is 0.399 e. The Morgan fingerprint density at radius 1 is 1.15 bits per heavy atom. The second kappa shape index (κ2) is 6.42. The highest BCUT2D eigenvalue weighted by atomic mass is 35.5. The second-order valence-electron chi connectivity index (χ2n) is 5.06. The molecule has 0 amide bonds. The van der Waals surface area contributed by atoms with Crippen molar-refractivity contribution in [1.82, 2.24) is 0 Å². The maximum Gasteiger partial charge on any atom is 0.0574 e. The van der Waals surface area contributed by atoms with Crippen molar-refractivity contribution >= 4 is 28.1 Å². The molecule has 0 aliphatic heterocycles. The van der Waals surface area contributed by atoms with E-state index in [1.54, 1.807) is 12.1 Å². The van der Waals surface area contributed by atoms with Gasteiger partial charge in [-0.15, -0.1) is 0 Å². The number of hydrogen-bond donors (Lipinski definition) is 1. The fourth-order valence-electron chi connectivity index (χ4n) is 1.91. The molecule has 0 saturated heterocycles. The van der Waals surface area contributed by atoms with Gasteiger partial charge in [-0.05, 0) is 41.3 Å². The highest BCUT2D eigenvalue weighted by Crippen LogP contribution is 2.23. The molecule has 2 nitrogen and oxygen atoms in total. The minimum Gasteiger partial charge on any atom is -0.399 e. The van der Waals surface area contributed by atoms with E-state index in [-0.39, 0.29) is 0 Å². The van der Waals surface area contributed by atoms with Crippen molar-refractivity contribution in [3.05, 3.63) is 58.6 Å². The Morgan fingerprint density at radius 2 is 1.80 bits per heavy atom. The van der Waals surface area contributed by atoms with Crippen molar-refractivity contribution in [2.24, 2.45) is 0 Å². The molecule has 0 spiro atoms. The van der Waals surface area contributed by atoms with E-state index in [0.29, 0.717) is 22.4 Å². The molecule has 0 bridgehead atoms. The summed E-state index contributed by atoms with van der Waals surface area (Å²) >= 11 is 6.11. The number of benzene rings is 2. The summed E-state index contributed by atoms with van der Waals surface area (Å²) in [6.45, 7) is 4.28. The van der Waals surface area contributed by atoms with Gasteiger partial charge in [-0.1, -0.05) is 43.6 Å². The van der Waals surface area contributed by atoms with Crippen molar-refractivity contribution < 1.29 is 4.21 Å². The number of nitrogens with two attached hydrogens (primary N) is 1. The first-order valence-corrected chi connectivity index (χ1v) is 8.19. The Kier molecular flexibility index (Phi) is 4.84. The van der Waals surface area contributed by atoms with Gasteiger partial charge in [0.2, 0.25) is 0 Å². The Hall–Kier alpha value is -1.32. The van der Waals surface area contributed by atoms with Crippen molar-refractivity contribution in [2.45, 2.75) is 30.4 Å². The molecule has 0 heterocycles. The van der Waals surface area contributed by atoms with E-state index in [1.165, 1.54) is 5.56 Å². The van der Waals surface area contributed by atoms with Crippen LogP contribution in [0.25, 0.3) is 0 Å². The third-order valence-corrected chi connectivity index (χ3v) is 4.90. The first-order chi connectivity index (χ1) is 9.47. The summed E-state index contributed by atoms with van der Waals surface area (Å²) in [5.41, 5.74) is 8.37. The molecule has 0 aliphatic carbocycles. The monoisotopic (exact) mass is 307 g/mol. The quantitative estimate of drug-likeness (QED) is 0.853. The smallest absolute Gasteiger partial charge is 0.0574 e. The number of halogens is 1. The van der Waals surface area contributed by atoms with Gasteiger partial charge in [0, 0.05) is 15.6 Å². The third-order valence-electron chi connectivity index (χ3n) is 3.17. The Labute approximate surface area is 127 Å². The molecule has 106 valence electrons. The molecule has 0 radical (unpaired) electrons. The van der Waals surface area contributed by atoms with Crippen molar-refractivity contribution in [3.8, 4) is 0 Å². The zero-order chi connectivity index (χ0) is 14.7. The molecule has 1 unspecified atom stereocenters. The van der Waals surface area contributed by atoms with Crippen LogP contribution < -0.4 is 5.73 Å². The number of rotatable bonds is 4. The van der Waals surface area contributed by atoms with Gasteiger partial charge in [0.15, 0.2) is 0 Å². The second-order valence-corrected chi connectivity index (χ2v) is 6.92. The number of hydrogen-bond acceptors (Lipinski definition) is 2. The van der Waals surface area contributed by atoms with E-state index in [2.05, 4.69) is 13.8 Å². The van der Waals surface area contributed by atoms with Crippen LogP contribution in [0.15, 0.2) is 47.4 Å². The number of nitrogen functional groups attached to an aromatic ring is 1. The van der Waals surface area contributed by atoms with Crippen LogP contribution in [0.1, 0.15) is 30.9 Å². The average molecular weight is 308 g/mol. The van der Waals surface area contributed by atoms with Crippen LogP contribution in [-0.2, 0) is 16.6 Å². The van der Waals surface area contributed by atoms with Crippen LogP contribution >= 0.6 is 11.6 Å². The first-order valence-electron chi connectivity index (χ1n) is 6.49. The predicted octanol–water partition coefficient (Wildman–Crippen LogP) is 4.35. The maximum absolute atomic E-state index is 12.4. The molecule has 0 saturated carbocycles. The Balaban J connectivity index is 2.15. The molecule has 2 N–H and O–H groups in total. The van der Waals surface area contributed by atoms with E-state index in [0.717, 1.165) is 10.5 Å². The van der Waals surface area contributed by atoms with E-state index >= 15 is 0 Å². The zero-order valence-corrected chi connectivity index (χ0v) is 13.2. The SMILES string of the molecule is CC(C)c1ccc(S(=O)Cc2ccc(N)cc2Cl)cc1. The molecular weight excluding hydrogens is 290 g/mol. The Morgan fingerprint density at radius 3 is 2.35 bits per heavy atom. The van der Waals surface area contributed by atoms with Gasteiger partial charge in [0.25, 0.3) is 0 Å². The lowest BCUT2D eigenvalue weighted by molar-refractivity contribution is 0.682. The maximum atomic E-state index is 12.4. The molecule has 0 aliphatic rings. The van der Waals surface area contributed by atoms with Crippen molar-refractivity contribution in [2.75, 3.05) is 5.73 Å². The summed E-state index contributed by atoms with van der Waals surface area (Å²) in [5.74, 6) is 0.879. The first kappa shape index (κ1) is 15.1. The van der Waals surface area contributed by atoms with Gasteiger partial charge in [0.1, 0.15) is 0 Å². The fraction of sp³-hybridized carbons (Fsp3) is 0.250. The lowest BCUT2D eigenvalue weighted by Crippen LogP contribution is -1.98. The van der Waals surface area contributed by atoms with Crippen LogP contribution in [0.3, 0.4) is 0 Å². The van der Waals surface area contributed by atoms with Gasteiger partial charge in [-0.25, -0.2) is 0 Å². The van der Waals surface area contributed by atoms with Crippen LogP contribution in [0.5, 0.6) is 0 Å². The van der Waals surface area contributed by atoms with Gasteiger partial charge >= 0.3 is 0 Å². The van der Waals surface area contributed by atoms with Crippen LogP contribution in [0.4, 0.5) is 5.69 Å². The van der Waals surface area contributed by atoms with Gasteiger partial charge in [-0.3, -0.25) is 4.21 Å². The highest BCUT2D eigenvalue weighted by Gasteiger charge is 2.09.